The molecule has 1 saturated carbocycles. The van der Waals surface area contributed by atoms with Gasteiger partial charge in [-0.25, -0.2) is 4.98 Å². The Bertz CT molecular complexity index is 632. The van der Waals surface area contributed by atoms with Gasteiger partial charge in [0.05, 0.1) is 6.26 Å². The topological polar surface area (TPSA) is 84.2 Å². The monoisotopic (exact) mass is 305 g/mol. The summed E-state index contributed by atoms with van der Waals surface area (Å²) in [7, 11) is 0. The highest BCUT2D eigenvalue weighted by atomic mass is 32.1. The molecule has 0 atom stereocenters. The van der Waals surface area contributed by atoms with Crippen LogP contribution in [-0.2, 0) is 4.79 Å². The lowest BCUT2D eigenvalue weighted by atomic mass is 10.4. The summed E-state index contributed by atoms with van der Waals surface area (Å²) in [4.78, 5) is 27.5. The van der Waals surface area contributed by atoms with Crippen molar-refractivity contribution in [2.24, 2.45) is 5.92 Å². The third kappa shape index (κ3) is 3.49. The van der Waals surface area contributed by atoms with Gasteiger partial charge in [0.1, 0.15) is 5.69 Å². The fourth-order valence-electron chi connectivity index (χ4n) is 1.83. The number of rotatable bonds is 6. The van der Waals surface area contributed by atoms with E-state index in [9.17, 15) is 9.59 Å². The molecule has 1 fully saturated rings. The van der Waals surface area contributed by atoms with E-state index in [1.54, 1.807) is 23.8 Å². The first-order valence-corrected chi connectivity index (χ1v) is 7.67. The highest BCUT2D eigenvalue weighted by Crippen LogP contribution is 2.28. The molecule has 7 heteroatoms. The Morgan fingerprint density at radius 2 is 2.14 bits per heavy atom. The third-order valence-electron chi connectivity index (χ3n) is 3.13. The first-order chi connectivity index (χ1) is 10.2. The smallest absolute Gasteiger partial charge is 0.270 e. The quantitative estimate of drug-likeness (QED) is 0.795. The first kappa shape index (κ1) is 13.8. The van der Waals surface area contributed by atoms with Crippen molar-refractivity contribution in [1.29, 1.82) is 0 Å². The average Bonchev–Trinajstić information content (AvgIpc) is 3.01. The van der Waals surface area contributed by atoms with Gasteiger partial charge in [0.25, 0.3) is 5.91 Å². The molecule has 110 valence electrons. The Hall–Kier alpha value is -2.15. The molecule has 21 heavy (non-hydrogen) atoms. The van der Waals surface area contributed by atoms with Gasteiger partial charge in [-0.2, -0.15) is 0 Å². The van der Waals surface area contributed by atoms with Crippen LogP contribution in [0.5, 0.6) is 0 Å². The predicted molar refractivity (Wildman–Crippen MR) is 77.9 cm³/mol. The van der Waals surface area contributed by atoms with E-state index in [1.165, 1.54) is 11.3 Å². The molecule has 2 amide bonds. The average molecular weight is 305 g/mol. The molecule has 6 nitrogen and oxygen atoms in total. The molecule has 1 aliphatic rings. The number of furan rings is 1. The number of hydrogen-bond donors (Lipinski definition) is 2. The zero-order valence-electron chi connectivity index (χ0n) is 11.3. The molecule has 3 rings (SSSR count). The van der Waals surface area contributed by atoms with Crippen LogP contribution in [0.15, 0.2) is 28.2 Å². The maximum Gasteiger partial charge on any atom is 0.270 e. The molecule has 0 saturated heterocycles. The number of thiazole rings is 1. The summed E-state index contributed by atoms with van der Waals surface area (Å²) in [5.74, 6) is 0.675. The van der Waals surface area contributed by atoms with Gasteiger partial charge in [0, 0.05) is 24.4 Å². The van der Waals surface area contributed by atoms with E-state index in [1.807, 2.05) is 0 Å². The normalized spacial score (nSPS) is 13.9. The number of nitrogens with one attached hydrogen (secondary N) is 2. The predicted octanol–water partition coefficient (Wildman–Crippen LogP) is 1.66. The lowest BCUT2D eigenvalue weighted by Crippen LogP contribution is -2.35. The van der Waals surface area contributed by atoms with Crippen LogP contribution in [0.2, 0.25) is 0 Å². The Morgan fingerprint density at radius 1 is 1.33 bits per heavy atom. The molecular formula is C14H15N3O3S. The number of carbonyl (C=O) groups excluding carboxylic acids is 2. The van der Waals surface area contributed by atoms with Crippen LogP contribution in [0.4, 0.5) is 0 Å². The van der Waals surface area contributed by atoms with Gasteiger partial charge in [0.15, 0.2) is 10.8 Å². The lowest BCUT2D eigenvalue weighted by Gasteiger charge is -2.05. The fraction of sp³-hybridized carbons (Fsp3) is 0.357. The highest BCUT2D eigenvalue weighted by Gasteiger charge is 2.29. The molecule has 0 aliphatic heterocycles. The Labute approximate surface area is 125 Å². The number of nitrogens with zero attached hydrogens (tertiary/aromatic N) is 1. The summed E-state index contributed by atoms with van der Waals surface area (Å²) in [5.41, 5.74) is 0.361. The molecule has 0 bridgehead atoms. The van der Waals surface area contributed by atoms with Crippen LogP contribution in [0.1, 0.15) is 23.3 Å². The van der Waals surface area contributed by atoms with Crippen LogP contribution < -0.4 is 10.6 Å². The first-order valence-electron chi connectivity index (χ1n) is 6.79. The summed E-state index contributed by atoms with van der Waals surface area (Å²) in [6.07, 6.45) is 3.53. The molecule has 0 unspecified atom stereocenters. The van der Waals surface area contributed by atoms with Crippen LogP contribution in [-0.4, -0.2) is 29.9 Å². The van der Waals surface area contributed by atoms with Crippen LogP contribution in [0.3, 0.4) is 0 Å². The van der Waals surface area contributed by atoms with Crippen LogP contribution in [0, 0.1) is 5.92 Å². The number of amides is 2. The minimum Gasteiger partial charge on any atom is -0.462 e. The zero-order valence-corrected chi connectivity index (χ0v) is 12.1. The van der Waals surface area contributed by atoms with Gasteiger partial charge in [-0.1, -0.05) is 0 Å². The van der Waals surface area contributed by atoms with Crippen molar-refractivity contribution in [2.45, 2.75) is 12.8 Å². The van der Waals surface area contributed by atoms with Crippen molar-refractivity contribution in [1.82, 2.24) is 15.6 Å². The minimum absolute atomic E-state index is 0.0815. The van der Waals surface area contributed by atoms with E-state index < -0.39 is 0 Å². The molecule has 2 heterocycles. The molecular weight excluding hydrogens is 290 g/mol. The SMILES string of the molecule is O=C(NCCNC(=O)C1CC1)c1csc(-c2ccco2)n1. The second kappa shape index (κ2) is 6.09. The van der Waals surface area contributed by atoms with Crippen molar-refractivity contribution in [3.8, 4) is 10.8 Å². The standard InChI is InChI=1S/C14H15N3O3S/c18-12(9-3-4-9)15-5-6-16-13(19)10-8-21-14(17-10)11-2-1-7-20-11/h1-2,7-9H,3-6H2,(H,15,18)(H,16,19). The second-order valence-electron chi connectivity index (χ2n) is 4.84. The largest absolute Gasteiger partial charge is 0.462 e. The lowest BCUT2D eigenvalue weighted by molar-refractivity contribution is -0.122. The van der Waals surface area contributed by atoms with E-state index in [0.29, 0.717) is 29.6 Å². The molecule has 2 aromatic rings. The maximum atomic E-state index is 11.9. The number of aromatic nitrogens is 1. The molecule has 0 aromatic carbocycles. The molecule has 0 radical (unpaired) electrons. The van der Waals surface area contributed by atoms with Crippen molar-refractivity contribution in [3.63, 3.8) is 0 Å². The van der Waals surface area contributed by atoms with Crippen LogP contribution in [0.25, 0.3) is 10.8 Å². The van der Waals surface area contributed by atoms with E-state index in [0.717, 1.165) is 12.8 Å². The second-order valence-corrected chi connectivity index (χ2v) is 5.69. The summed E-state index contributed by atoms with van der Waals surface area (Å²) in [6.45, 7) is 0.834. The van der Waals surface area contributed by atoms with Crippen LogP contribution >= 0.6 is 11.3 Å². The Morgan fingerprint density at radius 3 is 2.86 bits per heavy atom. The Balaban J connectivity index is 1.45. The van der Waals surface area contributed by atoms with Gasteiger partial charge in [-0.3, -0.25) is 9.59 Å². The number of hydrogen-bond acceptors (Lipinski definition) is 5. The summed E-state index contributed by atoms with van der Waals surface area (Å²) in [6, 6.07) is 3.58. The van der Waals surface area contributed by atoms with Crippen molar-refractivity contribution in [3.05, 3.63) is 29.5 Å². The Kier molecular flexibility index (Phi) is 4.01. The van der Waals surface area contributed by atoms with E-state index in [-0.39, 0.29) is 17.7 Å². The molecule has 2 aromatic heterocycles. The zero-order chi connectivity index (χ0) is 14.7. The van der Waals surface area contributed by atoms with Crippen molar-refractivity contribution >= 4 is 23.2 Å². The number of carbonyl (C=O) groups is 2. The van der Waals surface area contributed by atoms with Gasteiger partial charge < -0.3 is 15.1 Å². The third-order valence-corrected chi connectivity index (χ3v) is 3.98. The highest BCUT2D eigenvalue weighted by molar-refractivity contribution is 7.13. The van der Waals surface area contributed by atoms with E-state index in [4.69, 9.17) is 4.42 Å². The van der Waals surface area contributed by atoms with Crippen molar-refractivity contribution < 1.29 is 14.0 Å². The van der Waals surface area contributed by atoms with Gasteiger partial charge >= 0.3 is 0 Å². The summed E-state index contributed by atoms with van der Waals surface area (Å²) >= 11 is 1.36. The van der Waals surface area contributed by atoms with Gasteiger partial charge in [-0.05, 0) is 25.0 Å². The minimum atomic E-state index is -0.246. The van der Waals surface area contributed by atoms with Crippen molar-refractivity contribution in [2.75, 3.05) is 13.1 Å². The van der Waals surface area contributed by atoms with E-state index >= 15 is 0 Å². The molecule has 0 spiro atoms. The molecule has 1 aliphatic carbocycles. The fourth-order valence-corrected chi connectivity index (χ4v) is 2.60. The van der Waals surface area contributed by atoms with E-state index in [2.05, 4.69) is 15.6 Å². The molecule has 2 N–H and O–H groups in total. The maximum absolute atomic E-state index is 11.9. The van der Waals surface area contributed by atoms with Gasteiger partial charge in [-0.15, -0.1) is 11.3 Å². The summed E-state index contributed by atoms with van der Waals surface area (Å²) in [5, 5.41) is 7.89. The van der Waals surface area contributed by atoms with Gasteiger partial charge in [0.2, 0.25) is 5.91 Å². The summed E-state index contributed by atoms with van der Waals surface area (Å²) < 4.78 is 5.23.